The molecule has 3 N–H and O–H groups in total. The first-order valence-electron chi connectivity index (χ1n) is 5.33. The molecule has 4 heteroatoms. The van der Waals surface area contributed by atoms with Crippen LogP contribution in [-0.2, 0) is 4.74 Å². The third-order valence-corrected chi connectivity index (χ3v) is 2.09. The van der Waals surface area contributed by atoms with E-state index in [2.05, 4.69) is 4.74 Å². The largest absolute Gasteiger partial charge is 0.444 e. The zero-order valence-electron chi connectivity index (χ0n) is 10.2. The Bertz CT molecular complexity index is 198. The van der Waals surface area contributed by atoms with Crippen molar-refractivity contribution in [3.05, 3.63) is 0 Å². The van der Waals surface area contributed by atoms with Crippen LogP contribution >= 0.6 is 0 Å². The molecule has 1 amide bonds. The summed E-state index contributed by atoms with van der Waals surface area (Å²) in [7, 11) is 0. The van der Waals surface area contributed by atoms with Gasteiger partial charge in [-0.15, -0.1) is 0 Å². The number of nitrogens with two attached hydrogens (primary N) is 1. The van der Waals surface area contributed by atoms with Gasteiger partial charge in [0.1, 0.15) is 5.60 Å². The molecule has 0 heterocycles. The molecule has 90 valence electrons. The number of hydrogen-bond donors (Lipinski definition) is 2. The number of rotatable bonds is 0. The molecule has 0 atom stereocenters. The SMILES string of the molecule is CC(C)(C)OC(N)=O.CC1(O)CCCC1. The summed E-state index contributed by atoms with van der Waals surface area (Å²) in [5, 5.41) is 9.19. The van der Waals surface area contributed by atoms with Crippen molar-refractivity contribution < 1.29 is 14.6 Å². The molecule has 0 bridgehead atoms. The van der Waals surface area contributed by atoms with E-state index < -0.39 is 11.7 Å². The van der Waals surface area contributed by atoms with E-state index in [1.54, 1.807) is 20.8 Å². The lowest BCUT2D eigenvalue weighted by atomic mass is 10.1. The number of amides is 1. The Kier molecular flexibility index (Phi) is 5.08. The summed E-state index contributed by atoms with van der Waals surface area (Å²) in [6, 6.07) is 0. The highest BCUT2D eigenvalue weighted by atomic mass is 16.6. The van der Waals surface area contributed by atoms with E-state index in [0.717, 1.165) is 12.8 Å². The Morgan fingerprint density at radius 2 is 1.73 bits per heavy atom. The Hall–Kier alpha value is -0.770. The van der Waals surface area contributed by atoms with Gasteiger partial charge in [0.2, 0.25) is 0 Å². The van der Waals surface area contributed by atoms with Crippen LogP contribution in [0.25, 0.3) is 0 Å². The van der Waals surface area contributed by atoms with Crippen molar-refractivity contribution in [1.82, 2.24) is 0 Å². The van der Waals surface area contributed by atoms with Crippen LogP contribution in [-0.4, -0.2) is 22.4 Å². The third kappa shape index (κ3) is 9.53. The second-order valence-corrected chi connectivity index (χ2v) is 5.24. The van der Waals surface area contributed by atoms with Crippen LogP contribution in [0.4, 0.5) is 4.79 Å². The number of carbonyl (C=O) groups is 1. The van der Waals surface area contributed by atoms with E-state index in [0.29, 0.717) is 0 Å². The molecule has 0 spiro atoms. The maximum Gasteiger partial charge on any atom is 0.405 e. The van der Waals surface area contributed by atoms with E-state index in [9.17, 15) is 9.90 Å². The molecule has 1 aliphatic rings. The van der Waals surface area contributed by atoms with Gasteiger partial charge in [-0.25, -0.2) is 4.79 Å². The summed E-state index contributed by atoms with van der Waals surface area (Å²) in [5.74, 6) is 0. The van der Waals surface area contributed by atoms with Gasteiger partial charge in [-0.1, -0.05) is 12.8 Å². The minimum atomic E-state index is -0.725. The molecule has 0 radical (unpaired) electrons. The molecule has 1 saturated carbocycles. The van der Waals surface area contributed by atoms with Crippen molar-refractivity contribution in [2.45, 2.75) is 64.6 Å². The van der Waals surface area contributed by atoms with Gasteiger partial charge in [-0.2, -0.15) is 0 Å². The summed E-state index contributed by atoms with van der Waals surface area (Å²) in [4.78, 5) is 10.0. The van der Waals surface area contributed by atoms with Crippen molar-refractivity contribution >= 4 is 6.09 Å². The van der Waals surface area contributed by atoms with Crippen molar-refractivity contribution in [3.63, 3.8) is 0 Å². The Morgan fingerprint density at radius 3 is 1.80 bits per heavy atom. The minimum absolute atomic E-state index is 0.306. The quantitative estimate of drug-likeness (QED) is 0.653. The van der Waals surface area contributed by atoms with Gasteiger partial charge in [0.15, 0.2) is 0 Å². The highest BCUT2D eigenvalue weighted by Crippen LogP contribution is 2.27. The van der Waals surface area contributed by atoms with Gasteiger partial charge >= 0.3 is 6.09 Å². The fraction of sp³-hybridized carbons (Fsp3) is 0.909. The van der Waals surface area contributed by atoms with Gasteiger partial charge in [-0.3, -0.25) is 0 Å². The smallest absolute Gasteiger partial charge is 0.405 e. The normalized spacial score (nSPS) is 19.0. The van der Waals surface area contributed by atoms with Gasteiger partial charge in [-0.05, 0) is 40.5 Å². The maximum absolute atomic E-state index is 10.0. The molecule has 0 aromatic carbocycles. The van der Waals surface area contributed by atoms with Crippen LogP contribution in [0.5, 0.6) is 0 Å². The Balaban J connectivity index is 0.000000262. The van der Waals surface area contributed by atoms with Crippen LogP contribution in [0.15, 0.2) is 0 Å². The number of primary amides is 1. The standard InChI is InChI=1S/C6H12O.C5H11NO2/c1-6(7)4-2-3-5-6;1-5(2,3)8-4(6)7/h7H,2-5H2,1H3;1-3H3,(H2,6,7). The zero-order chi connectivity index (χ0) is 12.1. The third-order valence-electron chi connectivity index (χ3n) is 2.09. The lowest BCUT2D eigenvalue weighted by molar-refractivity contribution is 0.0599. The number of aliphatic hydroxyl groups is 1. The van der Waals surface area contributed by atoms with Crippen LogP contribution in [0.1, 0.15) is 53.4 Å². The highest BCUT2D eigenvalue weighted by molar-refractivity contribution is 5.65. The van der Waals surface area contributed by atoms with E-state index in [1.165, 1.54) is 12.8 Å². The predicted octanol–water partition coefficient (Wildman–Crippen LogP) is 2.19. The molecule has 0 unspecified atom stereocenters. The topological polar surface area (TPSA) is 72.5 Å². The van der Waals surface area contributed by atoms with Crippen LogP contribution in [0.2, 0.25) is 0 Å². The average molecular weight is 217 g/mol. The molecule has 1 fully saturated rings. The predicted molar refractivity (Wildman–Crippen MR) is 59.5 cm³/mol. The second kappa shape index (κ2) is 5.35. The molecule has 1 aliphatic carbocycles. The van der Waals surface area contributed by atoms with Gasteiger partial charge in [0.25, 0.3) is 0 Å². The van der Waals surface area contributed by atoms with Gasteiger partial charge in [0, 0.05) is 0 Å². The average Bonchev–Trinajstić information content (AvgIpc) is 2.29. The first-order chi connectivity index (χ1) is 6.62. The van der Waals surface area contributed by atoms with Crippen molar-refractivity contribution in [1.29, 1.82) is 0 Å². The highest BCUT2D eigenvalue weighted by Gasteiger charge is 2.24. The van der Waals surface area contributed by atoms with Crippen LogP contribution in [0.3, 0.4) is 0 Å². The number of carbonyl (C=O) groups excluding carboxylic acids is 1. The van der Waals surface area contributed by atoms with E-state index in [-0.39, 0.29) is 5.60 Å². The molecular formula is C11H23NO3. The fourth-order valence-corrected chi connectivity index (χ4v) is 1.44. The molecule has 1 rings (SSSR count). The van der Waals surface area contributed by atoms with Crippen LogP contribution in [0, 0.1) is 0 Å². The molecular weight excluding hydrogens is 194 g/mol. The maximum atomic E-state index is 10.0. The van der Waals surface area contributed by atoms with E-state index >= 15 is 0 Å². The monoisotopic (exact) mass is 217 g/mol. The second-order valence-electron chi connectivity index (χ2n) is 5.24. The molecule has 0 saturated heterocycles. The zero-order valence-corrected chi connectivity index (χ0v) is 10.2. The Labute approximate surface area is 91.8 Å². The van der Waals surface area contributed by atoms with Crippen molar-refractivity contribution in [2.24, 2.45) is 5.73 Å². The van der Waals surface area contributed by atoms with Gasteiger partial charge < -0.3 is 15.6 Å². The molecule has 0 aromatic rings. The summed E-state index contributed by atoms with van der Waals surface area (Å²) in [5.41, 5.74) is 3.96. The first kappa shape index (κ1) is 14.2. The van der Waals surface area contributed by atoms with Gasteiger partial charge in [0.05, 0.1) is 5.60 Å². The fourth-order valence-electron chi connectivity index (χ4n) is 1.44. The number of ether oxygens (including phenoxy) is 1. The Morgan fingerprint density at radius 1 is 1.33 bits per heavy atom. The minimum Gasteiger partial charge on any atom is -0.444 e. The lowest BCUT2D eigenvalue weighted by Crippen LogP contribution is -2.27. The van der Waals surface area contributed by atoms with E-state index in [4.69, 9.17) is 5.73 Å². The molecule has 0 aromatic heterocycles. The summed E-state index contributed by atoms with van der Waals surface area (Å²) >= 11 is 0. The van der Waals surface area contributed by atoms with Crippen molar-refractivity contribution in [2.75, 3.05) is 0 Å². The lowest BCUT2D eigenvalue weighted by Gasteiger charge is -2.16. The molecule has 15 heavy (non-hydrogen) atoms. The first-order valence-corrected chi connectivity index (χ1v) is 5.33. The number of hydrogen-bond acceptors (Lipinski definition) is 3. The van der Waals surface area contributed by atoms with E-state index in [1.807, 2.05) is 6.92 Å². The van der Waals surface area contributed by atoms with Crippen molar-refractivity contribution in [3.8, 4) is 0 Å². The molecule has 4 nitrogen and oxygen atoms in total. The molecule has 0 aliphatic heterocycles. The van der Waals surface area contributed by atoms with Crippen LogP contribution < -0.4 is 5.73 Å². The summed E-state index contributed by atoms with van der Waals surface area (Å²) in [6.07, 6.45) is 3.72. The summed E-state index contributed by atoms with van der Waals surface area (Å²) in [6.45, 7) is 7.20. The summed E-state index contributed by atoms with van der Waals surface area (Å²) < 4.78 is 4.58.